The number of carbonyl (C=O) groups excluding carboxylic acids is 1. The van der Waals surface area contributed by atoms with Crippen LogP contribution in [0.3, 0.4) is 0 Å². The van der Waals surface area contributed by atoms with E-state index in [4.69, 9.17) is 4.74 Å². The molecule has 0 aromatic heterocycles. The van der Waals surface area contributed by atoms with Gasteiger partial charge in [-0.1, -0.05) is 24.3 Å². The number of hydrogen-bond acceptors (Lipinski definition) is 3. The molecule has 3 nitrogen and oxygen atoms in total. The van der Waals surface area contributed by atoms with Gasteiger partial charge in [0.1, 0.15) is 0 Å². The number of rotatable bonds is 5. The van der Waals surface area contributed by atoms with Gasteiger partial charge in [0, 0.05) is 0 Å². The van der Waals surface area contributed by atoms with E-state index in [-0.39, 0.29) is 5.78 Å². The predicted octanol–water partition coefficient (Wildman–Crippen LogP) is 2.74. The Morgan fingerprint density at radius 1 is 1.26 bits per heavy atom. The normalized spacial score (nSPS) is 24.2. The molecular weight excluding hydrogens is 238 g/mol. The Morgan fingerprint density at radius 3 is 2.47 bits per heavy atom. The summed E-state index contributed by atoms with van der Waals surface area (Å²) < 4.78 is 6.24. The molecule has 1 aliphatic heterocycles. The maximum atomic E-state index is 12.3. The van der Waals surface area contributed by atoms with Crippen molar-refractivity contribution in [1.82, 2.24) is 5.32 Å². The summed E-state index contributed by atoms with van der Waals surface area (Å²) in [7, 11) is 1.92. The Bertz CT molecular complexity index is 481. The van der Waals surface area contributed by atoms with Gasteiger partial charge < -0.3 is 10.1 Å². The molecule has 0 aliphatic carbocycles. The molecule has 1 N–H and O–H groups in total. The molecule has 0 saturated heterocycles. The number of fused-ring (bicyclic) bond motifs is 1. The fourth-order valence-corrected chi connectivity index (χ4v) is 3.04. The first-order valence-electron chi connectivity index (χ1n) is 6.90. The number of carbonyl (C=O) groups is 1. The molecule has 0 radical (unpaired) electrons. The first-order chi connectivity index (χ1) is 8.94. The lowest BCUT2D eigenvalue weighted by atomic mass is 9.83. The average molecular weight is 261 g/mol. The molecule has 0 fully saturated rings. The van der Waals surface area contributed by atoms with Crippen molar-refractivity contribution in [2.75, 3.05) is 13.6 Å². The molecule has 0 saturated carbocycles. The monoisotopic (exact) mass is 261 g/mol. The highest BCUT2D eigenvalue weighted by atomic mass is 16.5. The fourth-order valence-electron chi connectivity index (χ4n) is 3.04. The van der Waals surface area contributed by atoms with Crippen LogP contribution in [0, 0.1) is 0 Å². The zero-order chi connectivity index (χ0) is 14.1. The van der Waals surface area contributed by atoms with Crippen LogP contribution < -0.4 is 5.32 Å². The van der Waals surface area contributed by atoms with Crippen LogP contribution in [-0.4, -0.2) is 19.4 Å². The molecule has 19 heavy (non-hydrogen) atoms. The molecule has 1 aliphatic rings. The van der Waals surface area contributed by atoms with Crippen molar-refractivity contribution in [1.29, 1.82) is 0 Å². The van der Waals surface area contributed by atoms with Crippen LogP contribution in [0.4, 0.5) is 0 Å². The third-order valence-electron chi connectivity index (χ3n) is 3.96. The van der Waals surface area contributed by atoms with E-state index in [0.717, 1.165) is 30.5 Å². The quantitative estimate of drug-likeness (QED) is 0.828. The van der Waals surface area contributed by atoms with Crippen molar-refractivity contribution in [3.63, 3.8) is 0 Å². The van der Waals surface area contributed by atoms with E-state index in [0.29, 0.717) is 0 Å². The molecule has 0 spiro atoms. The summed E-state index contributed by atoms with van der Waals surface area (Å²) in [5.41, 5.74) is 1.01. The van der Waals surface area contributed by atoms with Crippen molar-refractivity contribution in [3.8, 4) is 0 Å². The molecule has 1 aromatic carbocycles. The highest BCUT2D eigenvalue weighted by molar-refractivity contribution is 5.87. The second-order valence-electron chi connectivity index (χ2n) is 5.75. The first kappa shape index (κ1) is 14.2. The smallest absolute Gasteiger partial charge is 0.166 e. The maximum absolute atomic E-state index is 12.3. The predicted molar refractivity (Wildman–Crippen MR) is 76.1 cm³/mol. The van der Waals surface area contributed by atoms with Gasteiger partial charge in [0.2, 0.25) is 0 Å². The minimum absolute atomic E-state index is 0.0987. The standard InChI is InChI=1S/C16H23NO2/c1-12(18)16(10-7-11-17-4)14-9-6-5-8-13(14)15(2,3)19-16/h5-6,8-9,17H,7,10-11H2,1-4H3. The summed E-state index contributed by atoms with van der Waals surface area (Å²) in [6.07, 6.45) is 1.64. The van der Waals surface area contributed by atoms with Gasteiger partial charge in [-0.2, -0.15) is 0 Å². The molecule has 1 unspecified atom stereocenters. The van der Waals surface area contributed by atoms with Crippen LogP contribution in [0.5, 0.6) is 0 Å². The van der Waals surface area contributed by atoms with Gasteiger partial charge in [-0.15, -0.1) is 0 Å². The van der Waals surface area contributed by atoms with Crippen LogP contribution >= 0.6 is 0 Å². The van der Waals surface area contributed by atoms with E-state index < -0.39 is 11.2 Å². The maximum Gasteiger partial charge on any atom is 0.166 e. The zero-order valence-electron chi connectivity index (χ0n) is 12.2. The summed E-state index contributed by atoms with van der Waals surface area (Å²) in [5, 5.41) is 3.13. The van der Waals surface area contributed by atoms with Crippen LogP contribution in [-0.2, 0) is 20.7 Å². The second-order valence-corrected chi connectivity index (χ2v) is 5.75. The molecule has 1 heterocycles. The molecule has 1 atom stereocenters. The van der Waals surface area contributed by atoms with Gasteiger partial charge in [-0.3, -0.25) is 4.79 Å². The van der Waals surface area contributed by atoms with Crippen LogP contribution in [0.15, 0.2) is 24.3 Å². The number of ketones is 1. The van der Waals surface area contributed by atoms with E-state index >= 15 is 0 Å². The van der Waals surface area contributed by atoms with Crippen molar-refractivity contribution >= 4 is 5.78 Å². The molecular formula is C16H23NO2. The van der Waals surface area contributed by atoms with Gasteiger partial charge in [-0.25, -0.2) is 0 Å². The van der Waals surface area contributed by atoms with Crippen molar-refractivity contribution in [2.24, 2.45) is 0 Å². The molecule has 104 valence electrons. The lowest BCUT2D eigenvalue weighted by Gasteiger charge is -2.30. The molecule has 3 heteroatoms. The van der Waals surface area contributed by atoms with Crippen LogP contribution in [0.2, 0.25) is 0 Å². The highest BCUT2D eigenvalue weighted by Crippen LogP contribution is 2.49. The van der Waals surface area contributed by atoms with Gasteiger partial charge in [0.25, 0.3) is 0 Å². The van der Waals surface area contributed by atoms with E-state index in [1.807, 2.05) is 39.1 Å². The van der Waals surface area contributed by atoms with Gasteiger partial charge in [-0.05, 0) is 58.3 Å². The molecule has 1 aromatic rings. The number of benzene rings is 1. The van der Waals surface area contributed by atoms with Gasteiger partial charge in [0.15, 0.2) is 11.4 Å². The lowest BCUT2D eigenvalue weighted by Crippen LogP contribution is -2.37. The van der Waals surface area contributed by atoms with E-state index in [2.05, 4.69) is 11.4 Å². The summed E-state index contributed by atoms with van der Waals surface area (Å²) in [6.45, 7) is 6.60. The van der Waals surface area contributed by atoms with Gasteiger partial charge >= 0.3 is 0 Å². The second kappa shape index (κ2) is 5.06. The molecule has 0 bridgehead atoms. The van der Waals surface area contributed by atoms with Crippen LogP contribution in [0.1, 0.15) is 44.7 Å². The first-order valence-corrected chi connectivity index (χ1v) is 6.90. The Hall–Kier alpha value is -1.19. The summed E-state index contributed by atoms with van der Waals surface area (Å²) >= 11 is 0. The lowest BCUT2D eigenvalue weighted by molar-refractivity contribution is -0.163. The highest BCUT2D eigenvalue weighted by Gasteiger charge is 2.51. The fraction of sp³-hybridized carbons (Fsp3) is 0.562. The van der Waals surface area contributed by atoms with Crippen molar-refractivity contribution < 1.29 is 9.53 Å². The third kappa shape index (κ3) is 2.33. The van der Waals surface area contributed by atoms with Crippen molar-refractivity contribution in [2.45, 2.75) is 44.8 Å². The SMILES string of the molecule is CNCCCC1(C(C)=O)OC(C)(C)c2ccccc21. The Morgan fingerprint density at radius 2 is 1.89 bits per heavy atom. The van der Waals surface area contributed by atoms with E-state index in [1.165, 1.54) is 0 Å². The summed E-state index contributed by atoms with van der Waals surface area (Å²) in [6, 6.07) is 8.09. The number of Topliss-reactive ketones (excluding diaryl/α,β-unsaturated/α-hetero) is 1. The van der Waals surface area contributed by atoms with E-state index in [9.17, 15) is 4.79 Å². The zero-order valence-corrected chi connectivity index (χ0v) is 12.2. The minimum atomic E-state index is -0.767. The third-order valence-corrected chi connectivity index (χ3v) is 3.96. The molecule has 0 amide bonds. The van der Waals surface area contributed by atoms with Crippen LogP contribution in [0.25, 0.3) is 0 Å². The van der Waals surface area contributed by atoms with Gasteiger partial charge in [0.05, 0.1) is 5.60 Å². The van der Waals surface area contributed by atoms with E-state index in [1.54, 1.807) is 6.92 Å². The number of hydrogen-bond donors (Lipinski definition) is 1. The summed E-state index contributed by atoms with van der Waals surface area (Å²) in [5.74, 6) is 0.0987. The number of nitrogens with one attached hydrogen (secondary N) is 1. The Kier molecular flexibility index (Phi) is 3.79. The van der Waals surface area contributed by atoms with Crippen molar-refractivity contribution in [3.05, 3.63) is 35.4 Å². The minimum Gasteiger partial charge on any atom is -0.352 e. The average Bonchev–Trinajstić information content (AvgIpc) is 2.60. The Balaban J connectivity index is 2.43. The Labute approximate surface area is 115 Å². The number of ether oxygens (including phenoxy) is 1. The molecule has 2 rings (SSSR count). The summed E-state index contributed by atoms with van der Waals surface area (Å²) in [4.78, 5) is 12.3. The topological polar surface area (TPSA) is 38.3 Å². The largest absolute Gasteiger partial charge is 0.352 e.